The van der Waals surface area contributed by atoms with E-state index in [1.807, 2.05) is 74.8 Å². The van der Waals surface area contributed by atoms with E-state index in [4.69, 9.17) is 14.2 Å². The number of fused-ring (bicyclic) bond motifs is 2. The van der Waals surface area contributed by atoms with E-state index in [9.17, 15) is 9.59 Å². The number of nitrogens with one attached hydrogen (secondary N) is 2. The first-order valence-corrected chi connectivity index (χ1v) is 18.3. The van der Waals surface area contributed by atoms with Gasteiger partial charge in [0.15, 0.2) is 17.3 Å². The van der Waals surface area contributed by atoms with Crippen LogP contribution in [0, 0.1) is 0 Å². The number of pyridine rings is 1. The third-order valence-corrected chi connectivity index (χ3v) is 10.1. The average molecular weight is 729 g/mol. The Morgan fingerprint density at radius 1 is 0.943 bits per heavy atom. The quantitative estimate of drug-likeness (QED) is 0.125. The number of likely N-dealkylation sites (N-methyl/N-ethyl adjacent to an activating group) is 1. The molecule has 0 bridgehead atoms. The Bertz CT molecular complexity index is 1900. The van der Waals surface area contributed by atoms with Crippen molar-refractivity contribution in [1.29, 1.82) is 0 Å². The molecule has 2 atom stereocenters. The highest BCUT2D eigenvalue weighted by atomic mass is 16.5. The molecule has 1 aromatic carbocycles. The van der Waals surface area contributed by atoms with Crippen LogP contribution in [0.3, 0.4) is 0 Å². The summed E-state index contributed by atoms with van der Waals surface area (Å²) in [6.07, 6.45) is 3.94. The lowest BCUT2D eigenvalue weighted by molar-refractivity contribution is 0.0826. The number of urea groups is 1. The van der Waals surface area contributed by atoms with Crippen LogP contribution in [0.5, 0.6) is 5.75 Å². The lowest BCUT2D eigenvalue weighted by Gasteiger charge is -2.35. The highest BCUT2D eigenvalue weighted by Gasteiger charge is 2.31. The van der Waals surface area contributed by atoms with Crippen LogP contribution >= 0.6 is 0 Å². The summed E-state index contributed by atoms with van der Waals surface area (Å²) < 4.78 is 19.2. The van der Waals surface area contributed by atoms with Gasteiger partial charge in [-0.2, -0.15) is 0 Å². The molecule has 53 heavy (non-hydrogen) atoms. The number of amides is 2. The van der Waals surface area contributed by atoms with E-state index in [0.29, 0.717) is 43.9 Å². The van der Waals surface area contributed by atoms with Crippen LogP contribution < -0.4 is 15.4 Å². The molecule has 3 aromatic heterocycles. The summed E-state index contributed by atoms with van der Waals surface area (Å²) in [6.45, 7) is 16.3. The van der Waals surface area contributed by atoms with Gasteiger partial charge in [0.25, 0.3) is 0 Å². The number of aromatic nitrogens is 5. The normalized spacial score (nSPS) is 16.4. The van der Waals surface area contributed by atoms with E-state index in [-0.39, 0.29) is 52.4 Å². The zero-order valence-corrected chi connectivity index (χ0v) is 32.9. The van der Waals surface area contributed by atoms with Crippen molar-refractivity contribution in [3.05, 3.63) is 77.1 Å². The van der Waals surface area contributed by atoms with Crippen LogP contribution in [0.25, 0.3) is 5.65 Å². The minimum Gasteiger partial charge on any atom is -0.484 e. The van der Waals surface area contributed by atoms with Crippen LogP contribution in [0.4, 0.5) is 10.6 Å². The molecule has 0 spiro atoms. The standard InChI is InChI=1S/C40H56N8O5/c1-38(2,3)32-23-33(43-35(42-32)30(49)19-20-40(6,7)47(8)21-22-51-9)44-37(50)41-29-16-17-31(28-14-12-11-13-27(28)29)53-26-15-18-34-45-46-36(48(34)24-26)39(4,5)25-52-10/h11-15,18,23-24,29,31H,16-17,19-22,25H2,1-10H3,(H2,41,42,43,44,50)/t29-,31+/m0/s1. The Kier molecular flexibility index (Phi) is 12.2. The van der Waals surface area contributed by atoms with Crippen molar-refractivity contribution in [2.24, 2.45) is 0 Å². The monoisotopic (exact) mass is 728 g/mol. The van der Waals surface area contributed by atoms with Crippen LogP contribution in [-0.4, -0.2) is 87.8 Å². The zero-order chi connectivity index (χ0) is 38.6. The summed E-state index contributed by atoms with van der Waals surface area (Å²) in [5.74, 6) is 1.70. The van der Waals surface area contributed by atoms with Crippen molar-refractivity contribution in [3.63, 3.8) is 0 Å². The Morgan fingerprint density at radius 2 is 1.68 bits per heavy atom. The summed E-state index contributed by atoms with van der Waals surface area (Å²) in [5.41, 5.74) is 2.45. The number of methoxy groups -OCH3 is 2. The Hall–Kier alpha value is -4.46. The molecule has 13 nitrogen and oxygen atoms in total. The summed E-state index contributed by atoms with van der Waals surface area (Å²) >= 11 is 0. The Labute approximate surface area is 313 Å². The van der Waals surface area contributed by atoms with Gasteiger partial charge in [-0.25, -0.2) is 14.8 Å². The van der Waals surface area contributed by atoms with Gasteiger partial charge < -0.3 is 19.5 Å². The van der Waals surface area contributed by atoms with Gasteiger partial charge in [-0.1, -0.05) is 58.9 Å². The second kappa shape index (κ2) is 16.3. The smallest absolute Gasteiger partial charge is 0.320 e. The third kappa shape index (κ3) is 9.56. The number of Topliss-reactive ketones (excluding diaryl/α,β-unsaturated/α-hetero) is 1. The van der Waals surface area contributed by atoms with E-state index in [1.165, 1.54) is 0 Å². The molecule has 0 radical (unpaired) electrons. The zero-order valence-electron chi connectivity index (χ0n) is 32.9. The number of rotatable bonds is 15. The van der Waals surface area contributed by atoms with Gasteiger partial charge in [-0.05, 0) is 63.4 Å². The largest absolute Gasteiger partial charge is 0.484 e. The van der Waals surface area contributed by atoms with Gasteiger partial charge in [0.2, 0.25) is 0 Å². The number of anilines is 1. The van der Waals surface area contributed by atoms with E-state index in [2.05, 4.69) is 63.4 Å². The van der Waals surface area contributed by atoms with Crippen LogP contribution in [0.15, 0.2) is 48.7 Å². The van der Waals surface area contributed by atoms with Gasteiger partial charge in [0.05, 0.1) is 31.1 Å². The molecule has 0 fully saturated rings. The summed E-state index contributed by atoms with van der Waals surface area (Å²) in [5, 5.41) is 14.8. The lowest BCUT2D eigenvalue weighted by atomic mass is 9.85. The molecular formula is C40H56N8O5. The summed E-state index contributed by atoms with van der Waals surface area (Å²) in [4.78, 5) is 38.4. The minimum absolute atomic E-state index is 0.102. The molecule has 3 heterocycles. The SMILES string of the molecule is COCCN(C)C(C)(C)CCC(=O)c1nc(NC(=O)N[C@H]2CC[C@@H](Oc3ccc4nnc(C(C)(C)COC)n4c3)c3ccccc32)cc(C(C)(C)C)n1. The predicted octanol–water partition coefficient (Wildman–Crippen LogP) is 6.84. The Balaban J connectivity index is 1.29. The molecule has 5 rings (SSSR count). The second-order valence-electron chi connectivity index (χ2n) is 16.3. The second-order valence-corrected chi connectivity index (χ2v) is 16.3. The first-order chi connectivity index (χ1) is 25.0. The number of benzene rings is 1. The number of carbonyl (C=O) groups excluding carboxylic acids is 2. The van der Waals surface area contributed by atoms with E-state index < -0.39 is 6.03 Å². The molecule has 286 valence electrons. The average Bonchev–Trinajstić information content (AvgIpc) is 3.54. The van der Waals surface area contributed by atoms with Crippen molar-refractivity contribution in [1.82, 2.24) is 34.8 Å². The van der Waals surface area contributed by atoms with Crippen LogP contribution in [0.1, 0.15) is 120 Å². The van der Waals surface area contributed by atoms with Crippen molar-refractivity contribution in [2.75, 3.05) is 46.3 Å². The molecule has 13 heteroatoms. The molecule has 1 aliphatic carbocycles. The fourth-order valence-corrected chi connectivity index (χ4v) is 6.60. The highest BCUT2D eigenvalue weighted by molar-refractivity contribution is 5.94. The van der Waals surface area contributed by atoms with E-state index in [1.54, 1.807) is 20.3 Å². The van der Waals surface area contributed by atoms with Crippen LogP contribution in [-0.2, 0) is 20.3 Å². The minimum atomic E-state index is -0.411. The van der Waals surface area contributed by atoms with Crippen molar-refractivity contribution in [3.8, 4) is 5.75 Å². The number of carbonyl (C=O) groups is 2. The third-order valence-electron chi connectivity index (χ3n) is 10.1. The fraction of sp³-hybridized carbons (Fsp3) is 0.550. The topological polar surface area (TPSA) is 145 Å². The summed E-state index contributed by atoms with van der Waals surface area (Å²) in [6, 6.07) is 12.9. The molecular weight excluding hydrogens is 672 g/mol. The first-order valence-electron chi connectivity index (χ1n) is 18.3. The molecule has 1 aliphatic rings. The van der Waals surface area contributed by atoms with Gasteiger partial charge in [0.1, 0.15) is 23.5 Å². The number of hydrogen-bond acceptors (Lipinski definition) is 10. The number of ketones is 1. The van der Waals surface area contributed by atoms with Gasteiger partial charge in [-0.15, -0.1) is 10.2 Å². The number of ether oxygens (including phenoxy) is 3. The molecule has 0 saturated heterocycles. The maximum Gasteiger partial charge on any atom is 0.320 e. The van der Waals surface area contributed by atoms with Crippen molar-refractivity contribution in [2.45, 2.75) is 103 Å². The first kappa shape index (κ1) is 39.7. The molecule has 2 amide bonds. The highest BCUT2D eigenvalue weighted by Crippen LogP contribution is 2.39. The molecule has 4 aromatic rings. The van der Waals surface area contributed by atoms with E-state index in [0.717, 1.165) is 29.1 Å². The van der Waals surface area contributed by atoms with Gasteiger partial charge in [-0.3, -0.25) is 19.4 Å². The maximum absolute atomic E-state index is 13.5. The van der Waals surface area contributed by atoms with Crippen molar-refractivity contribution >= 4 is 23.3 Å². The fourth-order valence-electron chi connectivity index (χ4n) is 6.60. The van der Waals surface area contributed by atoms with Gasteiger partial charge in [0, 0.05) is 49.6 Å². The molecule has 0 saturated carbocycles. The van der Waals surface area contributed by atoms with Crippen molar-refractivity contribution < 1.29 is 23.8 Å². The van der Waals surface area contributed by atoms with Gasteiger partial charge >= 0.3 is 6.03 Å². The number of hydrogen-bond donors (Lipinski definition) is 2. The maximum atomic E-state index is 13.5. The summed E-state index contributed by atoms with van der Waals surface area (Å²) in [7, 11) is 5.39. The predicted molar refractivity (Wildman–Crippen MR) is 205 cm³/mol. The Morgan fingerprint density at radius 3 is 2.38 bits per heavy atom. The molecule has 0 unspecified atom stereocenters. The van der Waals surface area contributed by atoms with E-state index >= 15 is 0 Å². The number of nitrogens with zero attached hydrogens (tertiary/aromatic N) is 6. The van der Waals surface area contributed by atoms with Crippen LogP contribution in [0.2, 0.25) is 0 Å². The molecule has 2 N–H and O–H groups in total. The molecule has 0 aliphatic heterocycles. The lowest BCUT2D eigenvalue weighted by Crippen LogP contribution is -2.43.